The number of hydrogen-bond donors (Lipinski definition) is 2. The summed E-state index contributed by atoms with van der Waals surface area (Å²) in [4.78, 5) is 11.7. The lowest BCUT2D eigenvalue weighted by Gasteiger charge is -2.26. The van der Waals surface area contributed by atoms with E-state index in [1.165, 1.54) is 12.8 Å². The summed E-state index contributed by atoms with van der Waals surface area (Å²) in [5.41, 5.74) is 5.42. The van der Waals surface area contributed by atoms with E-state index in [1.54, 1.807) is 0 Å². The molecule has 0 aliphatic heterocycles. The summed E-state index contributed by atoms with van der Waals surface area (Å²) in [6.07, 6.45) is 7.54. The fourth-order valence-electron chi connectivity index (χ4n) is 2.11. The largest absolute Gasteiger partial charge is 0.351 e. The molecule has 0 aromatic carbocycles. The predicted octanol–water partition coefficient (Wildman–Crippen LogP) is 2.20. The molecule has 1 amide bonds. The second-order valence-electron chi connectivity index (χ2n) is 5.50. The molecule has 0 heterocycles. The van der Waals surface area contributed by atoms with E-state index in [1.807, 2.05) is 0 Å². The van der Waals surface area contributed by atoms with Crippen LogP contribution in [0.25, 0.3) is 0 Å². The van der Waals surface area contributed by atoms with E-state index in [2.05, 4.69) is 19.2 Å². The van der Waals surface area contributed by atoms with Crippen molar-refractivity contribution in [3.05, 3.63) is 0 Å². The van der Waals surface area contributed by atoms with Gasteiger partial charge in [0.25, 0.3) is 0 Å². The molecule has 0 aromatic heterocycles. The van der Waals surface area contributed by atoms with Gasteiger partial charge in [-0.3, -0.25) is 4.79 Å². The minimum atomic E-state index is 0.00828. The highest BCUT2D eigenvalue weighted by molar-refractivity contribution is 5.76. The Kier molecular flexibility index (Phi) is 5.26. The van der Waals surface area contributed by atoms with E-state index < -0.39 is 0 Å². The quantitative estimate of drug-likeness (QED) is 0.623. The number of carbonyl (C=O) groups excluding carboxylic acids is 1. The number of carbonyl (C=O) groups is 1. The average Bonchev–Trinajstić information content (AvgIpc) is 2.99. The van der Waals surface area contributed by atoms with Crippen molar-refractivity contribution >= 4 is 5.91 Å². The second kappa shape index (κ2) is 6.24. The Bertz CT molecular complexity index is 222. The third-order valence-electron chi connectivity index (χ3n) is 3.42. The SMILES string of the molecule is CC(C)(NC(=O)CCCCCCN)C1CC1. The van der Waals surface area contributed by atoms with Crippen LogP contribution < -0.4 is 11.1 Å². The predicted molar refractivity (Wildman–Crippen MR) is 67.1 cm³/mol. The number of nitrogens with one attached hydrogen (secondary N) is 1. The van der Waals surface area contributed by atoms with Crippen molar-refractivity contribution in [1.29, 1.82) is 0 Å². The summed E-state index contributed by atoms with van der Waals surface area (Å²) in [5, 5.41) is 3.15. The Labute approximate surface area is 99.2 Å². The van der Waals surface area contributed by atoms with Gasteiger partial charge in [0.15, 0.2) is 0 Å². The number of hydrogen-bond acceptors (Lipinski definition) is 2. The Hall–Kier alpha value is -0.570. The van der Waals surface area contributed by atoms with E-state index in [0.29, 0.717) is 12.3 Å². The first-order chi connectivity index (χ1) is 7.56. The molecule has 1 aliphatic rings. The molecule has 3 heteroatoms. The second-order valence-corrected chi connectivity index (χ2v) is 5.50. The molecule has 1 fully saturated rings. The molecular weight excluding hydrogens is 200 g/mol. The standard InChI is InChI=1S/C13H26N2O/c1-13(2,11-8-9-11)15-12(16)7-5-3-4-6-10-14/h11H,3-10,14H2,1-2H3,(H,15,16). The number of rotatable bonds is 8. The lowest BCUT2D eigenvalue weighted by Crippen LogP contribution is -2.45. The maximum atomic E-state index is 11.7. The van der Waals surface area contributed by atoms with Gasteiger partial charge in [0.05, 0.1) is 0 Å². The number of unbranched alkanes of at least 4 members (excludes halogenated alkanes) is 3. The Morgan fingerprint density at radius 1 is 1.25 bits per heavy atom. The average molecular weight is 226 g/mol. The van der Waals surface area contributed by atoms with Gasteiger partial charge in [-0.25, -0.2) is 0 Å². The van der Waals surface area contributed by atoms with Gasteiger partial charge in [0.1, 0.15) is 0 Å². The van der Waals surface area contributed by atoms with E-state index >= 15 is 0 Å². The van der Waals surface area contributed by atoms with Gasteiger partial charge < -0.3 is 11.1 Å². The van der Waals surface area contributed by atoms with Crippen LogP contribution in [-0.4, -0.2) is 18.0 Å². The van der Waals surface area contributed by atoms with E-state index in [-0.39, 0.29) is 11.4 Å². The van der Waals surface area contributed by atoms with Crippen molar-refractivity contribution in [3.63, 3.8) is 0 Å². The smallest absolute Gasteiger partial charge is 0.220 e. The summed E-state index contributed by atoms with van der Waals surface area (Å²) in [6, 6.07) is 0. The molecule has 1 rings (SSSR count). The normalized spacial score (nSPS) is 16.2. The van der Waals surface area contributed by atoms with Gasteiger partial charge in [-0.1, -0.05) is 12.8 Å². The minimum Gasteiger partial charge on any atom is -0.351 e. The first-order valence-electron chi connectivity index (χ1n) is 6.57. The molecule has 1 aliphatic carbocycles. The Balaban J connectivity index is 2.06. The van der Waals surface area contributed by atoms with E-state index in [9.17, 15) is 4.79 Å². The molecule has 0 radical (unpaired) electrons. The molecule has 0 spiro atoms. The van der Waals surface area contributed by atoms with Crippen LogP contribution in [0.1, 0.15) is 58.8 Å². The zero-order valence-corrected chi connectivity index (χ0v) is 10.7. The maximum Gasteiger partial charge on any atom is 0.220 e. The van der Waals surface area contributed by atoms with E-state index in [4.69, 9.17) is 5.73 Å². The molecule has 16 heavy (non-hydrogen) atoms. The minimum absolute atomic E-state index is 0.00828. The summed E-state index contributed by atoms with van der Waals surface area (Å²) in [6.45, 7) is 5.04. The lowest BCUT2D eigenvalue weighted by atomic mass is 9.98. The van der Waals surface area contributed by atoms with Crippen LogP contribution in [0.5, 0.6) is 0 Å². The van der Waals surface area contributed by atoms with Gasteiger partial charge in [-0.15, -0.1) is 0 Å². The highest BCUT2D eigenvalue weighted by atomic mass is 16.1. The third kappa shape index (κ3) is 4.97. The van der Waals surface area contributed by atoms with Crippen molar-refractivity contribution in [1.82, 2.24) is 5.32 Å². The fraction of sp³-hybridized carbons (Fsp3) is 0.923. The van der Waals surface area contributed by atoms with Crippen molar-refractivity contribution in [3.8, 4) is 0 Å². The molecule has 3 N–H and O–H groups in total. The first-order valence-corrected chi connectivity index (χ1v) is 6.57. The topological polar surface area (TPSA) is 55.1 Å². The van der Waals surface area contributed by atoms with Gasteiger partial charge in [0, 0.05) is 12.0 Å². The van der Waals surface area contributed by atoms with Crippen molar-refractivity contribution in [2.45, 2.75) is 64.3 Å². The van der Waals surface area contributed by atoms with Crippen LogP contribution in [0.2, 0.25) is 0 Å². The molecule has 3 nitrogen and oxygen atoms in total. The number of nitrogens with two attached hydrogens (primary N) is 1. The summed E-state index contributed by atoms with van der Waals surface area (Å²) >= 11 is 0. The maximum absolute atomic E-state index is 11.7. The molecule has 94 valence electrons. The molecule has 0 bridgehead atoms. The summed E-state index contributed by atoms with van der Waals surface area (Å²) in [5.74, 6) is 0.915. The van der Waals surface area contributed by atoms with Crippen molar-refractivity contribution in [2.75, 3.05) is 6.54 Å². The first kappa shape index (κ1) is 13.5. The molecule has 0 unspecified atom stereocenters. The van der Waals surface area contributed by atoms with Gasteiger partial charge in [-0.05, 0) is 52.0 Å². The van der Waals surface area contributed by atoms with Crippen molar-refractivity contribution < 1.29 is 4.79 Å². The summed E-state index contributed by atoms with van der Waals surface area (Å²) < 4.78 is 0. The van der Waals surface area contributed by atoms with Crippen LogP contribution in [0, 0.1) is 5.92 Å². The molecule has 0 atom stereocenters. The molecule has 0 aromatic rings. The zero-order valence-electron chi connectivity index (χ0n) is 10.7. The highest BCUT2D eigenvalue weighted by Crippen LogP contribution is 2.39. The monoisotopic (exact) mass is 226 g/mol. The summed E-state index contributed by atoms with van der Waals surface area (Å²) in [7, 11) is 0. The third-order valence-corrected chi connectivity index (χ3v) is 3.42. The fourth-order valence-corrected chi connectivity index (χ4v) is 2.11. The highest BCUT2D eigenvalue weighted by Gasteiger charge is 2.38. The van der Waals surface area contributed by atoms with Crippen LogP contribution in [0.4, 0.5) is 0 Å². The molecule has 0 saturated heterocycles. The van der Waals surface area contributed by atoms with Gasteiger partial charge >= 0.3 is 0 Å². The van der Waals surface area contributed by atoms with Crippen LogP contribution >= 0.6 is 0 Å². The van der Waals surface area contributed by atoms with Gasteiger partial charge in [0.2, 0.25) is 5.91 Å². The molecular formula is C13H26N2O. The Morgan fingerprint density at radius 2 is 1.88 bits per heavy atom. The zero-order chi connectivity index (χ0) is 12.0. The van der Waals surface area contributed by atoms with Crippen LogP contribution in [0.15, 0.2) is 0 Å². The number of amides is 1. The lowest BCUT2D eigenvalue weighted by molar-refractivity contribution is -0.123. The van der Waals surface area contributed by atoms with Gasteiger partial charge in [-0.2, -0.15) is 0 Å². The van der Waals surface area contributed by atoms with Crippen LogP contribution in [-0.2, 0) is 4.79 Å². The van der Waals surface area contributed by atoms with Crippen LogP contribution in [0.3, 0.4) is 0 Å². The van der Waals surface area contributed by atoms with Crippen molar-refractivity contribution in [2.24, 2.45) is 11.7 Å². The molecule has 1 saturated carbocycles. The Morgan fingerprint density at radius 3 is 2.44 bits per heavy atom. The van der Waals surface area contributed by atoms with E-state index in [0.717, 1.165) is 32.2 Å².